The predicted molar refractivity (Wildman–Crippen MR) is 54.3 cm³/mol. The molecule has 0 radical (unpaired) electrons. The van der Waals surface area contributed by atoms with Crippen LogP contribution < -0.4 is 10.6 Å². The lowest BCUT2D eigenvalue weighted by Crippen LogP contribution is -2.28. The second-order valence-corrected chi connectivity index (χ2v) is 3.24. The van der Waals surface area contributed by atoms with Crippen molar-refractivity contribution in [2.24, 2.45) is 0 Å². The van der Waals surface area contributed by atoms with Gasteiger partial charge in [0.15, 0.2) is 0 Å². The predicted octanol–water partition coefficient (Wildman–Crippen LogP) is 1.15. The van der Waals surface area contributed by atoms with E-state index in [1.807, 2.05) is 25.3 Å². The Labute approximate surface area is 77.4 Å². The maximum atomic E-state index is 4.34. The summed E-state index contributed by atoms with van der Waals surface area (Å²) in [6.45, 7) is 4.11. The van der Waals surface area contributed by atoms with E-state index in [0.717, 1.165) is 10.9 Å². The van der Waals surface area contributed by atoms with Gasteiger partial charge in [0.2, 0.25) is 0 Å². The summed E-state index contributed by atoms with van der Waals surface area (Å²) in [6, 6.07) is 4.04. The Morgan fingerprint density at radius 1 is 1.31 bits per heavy atom. The standard InChI is InChI=1S/C12H11N/c1-9-5-6-10(2)12-11(8-9)4-3-7-13-12/h3-4,6-8H,1-2H3. The zero-order valence-electron chi connectivity index (χ0n) is 7.83. The molecular formula is C12H11N. The van der Waals surface area contributed by atoms with Gasteiger partial charge in [0.25, 0.3) is 0 Å². The summed E-state index contributed by atoms with van der Waals surface area (Å²) < 4.78 is 0. The first kappa shape index (κ1) is 8.03. The second kappa shape index (κ2) is 3.04. The van der Waals surface area contributed by atoms with Crippen molar-refractivity contribution in [3.63, 3.8) is 0 Å². The van der Waals surface area contributed by atoms with Crippen LogP contribution in [0.1, 0.15) is 13.8 Å². The molecule has 1 aliphatic carbocycles. The first-order valence-electron chi connectivity index (χ1n) is 4.34. The zero-order valence-corrected chi connectivity index (χ0v) is 7.83. The fourth-order valence-corrected chi connectivity index (χ4v) is 1.43. The summed E-state index contributed by atoms with van der Waals surface area (Å²) in [5.74, 6) is 0. The third-order valence-electron chi connectivity index (χ3n) is 2.10. The maximum Gasteiger partial charge on any atom is 0.0737 e. The molecule has 0 aromatic carbocycles. The van der Waals surface area contributed by atoms with Crippen LogP contribution in [-0.2, 0) is 0 Å². The Morgan fingerprint density at radius 2 is 2.15 bits per heavy atom. The monoisotopic (exact) mass is 169 g/mol. The lowest BCUT2D eigenvalue weighted by atomic mass is 10.2. The van der Waals surface area contributed by atoms with E-state index in [4.69, 9.17) is 0 Å². The number of allylic oxidation sites excluding steroid dienone is 1. The molecule has 0 spiro atoms. The third-order valence-corrected chi connectivity index (χ3v) is 2.10. The summed E-state index contributed by atoms with van der Waals surface area (Å²) in [4.78, 5) is 4.34. The Hall–Kier alpha value is -1.59. The van der Waals surface area contributed by atoms with E-state index < -0.39 is 0 Å². The number of aromatic nitrogens is 1. The Balaban J connectivity index is 2.95. The number of rotatable bonds is 0. The second-order valence-electron chi connectivity index (χ2n) is 3.24. The smallest absolute Gasteiger partial charge is 0.0737 e. The van der Waals surface area contributed by atoms with Crippen molar-refractivity contribution in [2.45, 2.75) is 13.8 Å². The van der Waals surface area contributed by atoms with Crippen LogP contribution in [0.4, 0.5) is 0 Å². The number of hydrogen-bond acceptors (Lipinski definition) is 1. The molecule has 1 heteroatoms. The molecule has 0 unspecified atom stereocenters. The van der Waals surface area contributed by atoms with Crippen LogP contribution in [-0.4, -0.2) is 4.98 Å². The molecule has 2 rings (SSSR count). The lowest BCUT2D eigenvalue weighted by molar-refractivity contribution is 1.20. The minimum Gasteiger partial charge on any atom is -0.256 e. The minimum absolute atomic E-state index is 1.06. The van der Waals surface area contributed by atoms with Gasteiger partial charge >= 0.3 is 0 Å². The molecular weight excluding hydrogens is 158 g/mol. The van der Waals surface area contributed by atoms with Crippen LogP contribution in [0.2, 0.25) is 0 Å². The fourth-order valence-electron chi connectivity index (χ4n) is 1.43. The van der Waals surface area contributed by atoms with Crippen LogP contribution in [0, 0.1) is 0 Å². The molecule has 0 N–H and O–H groups in total. The van der Waals surface area contributed by atoms with E-state index in [1.165, 1.54) is 10.8 Å². The molecule has 0 aliphatic heterocycles. The highest BCUT2D eigenvalue weighted by atomic mass is 14.6. The molecule has 1 aromatic heterocycles. The van der Waals surface area contributed by atoms with Crippen molar-refractivity contribution in [3.8, 4) is 0 Å². The van der Waals surface area contributed by atoms with Gasteiger partial charge in [-0.3, -0.25) is 4.98 Å². The average molecular weight is 169 g/mol. The molecule has 0 amide bonds. The van der Waals surface area contributed by atoms with Gasteiger partial charge in [-0.15, -0.1) is 5.73 Å². The van der Waals surface area contributed by atoms with Gasteiger partial charge in [0.05, 0.1) is 5.35 Å². The van der Waals surface area contributed by atoms with E-state index in [9.17, 15) is 0 Å². The topological polar surface area (TPSA) is 12.9 Å². The van der Waals surface area contributed by atoms with Crippen LogP contribution in [0.3, 0.4) is 0 Å². The van der Waals surface area contributed by atoms with Crippen LogP contribution in [0.15, 0.2) is 35.7 Å². The normalized spacial score (nSPS) is 14.3. The molecule has 1 heterocycles. The molecule has 1 nitrogen and oxygen atoms in total. The Bertz CT molecular complexity index is 514. The summed E-state index contributed by atoms with van der Waals surface area (Å²) >= 11 is 0. The lowest BCUT2D eigenvalue weighted by Gasteiger charge is -1.90. The van der Waals surface area contributed by atoms with Crippen molar-refractivity contribution in [1.82, 2.24) is 4.98 Å². The van der Waals surface area contributed by atoms with E-state index in [2.05, 4.69) is 29.8 Å². The fraction of sp³-hybridized carbons (Fsp3) is 0.167. The van der Waals surface area contributed by atoms with E-state index in [-0.39, 0.29) is 0 Å². The van der Waals surface area contributed by atoms with Gasteiger partial charge in [-0.1, -0.05) is 6.07 Å². The Morgan fingerprint density at radius 3 is 3.00 bits per heavy atom. The van der Waals surface area contributed by atoms with Gasteiger partial charge in [-0.25, -0.2) is 0 Å². The largest absolute Gasteiger partial charge is 0.256 e. The van der Waals surface area contributed by atoms with Gasteiger partial charge in [0, 0.05) is 11.4 Å². The molecule has 0 bridgehead atoms. The quantitative estimate of drug-likeness (QED) is 0.531. The first-order chi connectivity index (χ1) is 6.27. The molecule has 1 aliphatic rings. The van der Waals surface area contributed by atoms with E-state index >= 15 is 0 Å². The number of hydrogen-bond donors (Lipinski definition) is 0. The molecule has 64 valence electrons. The molecule has 0 saturated heterocycles. The van der Waals surface area contributed by atoms with E-state index in [1.54, 1.807) is 0 Å². The highest BCUT2D eigenvalue weighted by Crippen LogP contribution is 1.97. The SMILES string of the molecule is CC1=C=CC(C)=c2ncccc2=C1. The van der Waals surface area contributed by atoms with E-state index in [0.29, 0.717) is 0 Å². The van der Waals surface area contributed by atoms with Gasteiger partial charge in [-0.05, 0) is 43.2 Å². The van der Waals surface area contributed by atoms with Crippen molar-refractivity contribution in [3.05, 3.63) is 46.3 Å². The van der Waals surface area contributed by atoms with Crippen LogP contribution >= 0.6 is 0 Å². The third kappa shape index (κ3) is 1.47. The molecule has 13 heavy (non-hydrogen) atoms. The van der Waals surface area contributed by atoms with Gasteiger partial charge < -0.3 is 0 Å². The minimum atomic E-state index is 1.06. The number of pyridine rings is 1. The average Bonchev–Trinajstić information content (AvgIpc) is 2.27. The number of nitrogens with zero attached hydrogens (tertiary/aromatic N) is 1. The van der Waals surface area contributed by atoms with Crippen molar-refractivity contribution < 1.29 is 0 Å². The summed E-state index contributed by atoms with van der Waals surface area (Å²) in [5, 5.41) is 2.24. The molecule has 0 atom stereocenters. The molecule has 0 saturated carbocycles. The Kier molecular flexibility index (Phi) is 1.88. The molecule has 0 fully saturated rings. The summed E-state index contributed by atoms with van der Waals surface area (Å²) in [7, 11) is 0. The van der Waals surface area contributed by atoms with Crippen molar-refractivity contribution >= 4 is 11.6 Å². The van der Waals surface area contributed by atoms with Crippen molar-refractivity contribution in [2.75, 3.05) is 0 Å². The highest BCUT2D eigenvalue weighted by molar-refractivity contribution is 5.58. The van der Waals surface area contributed by atoms with Crippen LogP contribution in [0.5, 0.6) is 0 Å². The summed E-state index contributed by atoms with van der Waals surface area (Å²) in [6.07, 6.45) is 5.92. The van der Waals surface area contributed by atoms with Gasteiger partial charge in [-0.2, -0.15) is 0 Å². The molecule has 1 aromatic rings. The highest BCUT2D eigenvalue weighted by Gasteiger charge is 1.93. The maximum absolute atomic E-state index is 4.34. The summed E-state index contributed by atoms with van der Waals surface area (Å²) in [5.41, 5.74) is 5.51. The van der Waals surface area contributed by atoms with Gasteiger partial charge in [0.1, 0.15) is 0 Å². The van der Waals surface area contributed by atoms with Crippen molar-refractivity contribution in [1.29, 1.82) is 0 Å². The number of fused-ring (bicyclic) bond motifs is 1. The zero-order chi connectivity index (χ0) is 9.26. The van der Waals surface area contributed by atoms with Crippen LogP contribution in [0.25, 0.3) is 11.6 Å². The first-order valence-corrected chi connectivity index (χ1v) is 4.34.